The van der Waals surface area contributed by atoms with E-state index in [0.29, 0.717) is 30.0 Å². The molecule has 0 bridgehead atoms. The van der Waals surface area contributed by atoms with Crippen molar-refractivity contribution in [3.05, 3.63) is 59.4 Å². The lowest BCUT2D eigenvalue weighted by Gasteiger charge is -2.17. The first-order chi connectivity index (χ1) is 14.1. The second-order valence-electron chi connectivity index (χ2n) is 6.99. The SMILES string of the molecule is COc1ccc(C(=O)N2CCCC2)cc1NCC(=O)NCCc1ccc(F)cc1. The van der Waals surface area contributed by atoms with Crippen LogP contribution in [0.15, 0.2) is 42.5 Å². The number of carbonyl (C=O) groups excluding carboxylic acids is 2. The van der Waals surface area contributed by atoms with Crippen LogP contribution < -0.4 is 15.4 Å². The van der Waals surface area contributed by atoms with E-state index in [4.69, 9.17) is 4.74 Å². The van der Waals surface area contributed by atoms with E-state index in [1.54, 1.807) is 37.4 Å². The zero-order valence-electron chi connectivity index (χ0n) is 16.5. The summed E-state index contributed by atoms with van der Waals surface area (Å²) in [5.41, 5.74) is 2.13. The molecular weight excluding hydrogens is 373 g/mol. The Kier molecular flexibility index (Phi) is 7.05. The van der Waals surface area contributed by atoms with Gasteiger partial charge < -0.3 is 20.3 Å². The molecule has 7 heteroatoms. The van der Waals surface area contributed by atoms with Gasteiger partial charge in [-0.2, -0.15) is 0 Å². The molecule has 29 heavy (non-hydrogen) atoms. The van der Waals surface area contributed by atoms with Crippen LogP contribution in [0.3, 0.4) is 0 Å². The van der Waals surface area contributed by atoms with Gasteiger partial charge in [-0.3, -0.25) is 9.59 Å². The van der Waals surface area contributed by atoms with Crippen LogP contribution >= 0.6 is 0 Å². The van der Waals surface area contributed by atoms with Gasteiger partial charge >= 0.3 is 0 Å². The average molecular weight is 399 g/mol. The lowest BCUT2D eigenvalue weighted by Crippen LogP contribution is -2.31. The van der Waals surface area contributed by atoms with Crippen LogP contribution in [0.2, 0.25) is 0 Å². The van der Waals surface area contributed by atoms with E-state index in [0.717, 1.165) is 31.5 Å². The molecule has 1 heterocycles. The molecule has 2 amide bonds. The Morgan fingerprint density at radius 2 is 1.83 bits per heavy atom. The maximum absolute atomic E-state index is 12.9. The number of nitrogens with one attached hydrogen (secondary N) is 2. The molecule has 154 valence electrons. The first-order valence-electron chi connectivity index (χ1n) is 9.79. The predicted octanol–water partition coefficient (Wildman–Crippen LogP) is 2.84. The first kappa shape index (κ1) is 20.6. The van der Waals surface area contributed by atoms with Crippen molar-refractivity contribution < 1.29 is 18.7 Å². The van der Waals surface area contributed by atoms with Gasteiger partial charge in [-0.25, -0.2) is 4.39 Å². The molecule has 0 aromatic heterocycles. The summed E-state index contributed by atoms with van der Waals surface area (Å²) in [6, 6.07) is 11.4. The number of halogens is 1. The van der Waals surface area contributed by atoms with Gasteiger partial charge in [0.1, 0.15) is 11.6 Å². The molecule has 2 N–H and O–H groups in total. The van der Waals surface area contributed by atoms with E-state index < -0.39 is 0 Å². The Hall–Kier alpha value is -3.09. The summed E-state index contributed by atoms with van der Waals surface area (Å²) in [6.45, 7) is 2.08. The Bertz CT molecular complexity index is 849. The summed E-state index contributed by atoms with van der Waals surface area (Å²) >= 11 is 0. The number of amides is 2. The fourth-order valence-electron chi connectivity index (χ4n) is 3.32. The van der Waals surface area contributed by atoms with Crippen molar-refractivity contribution in [2.45, 2.75) is 19.3 Å². The summed E-state index contributed by atoms with van der Waals surface area (Å²) in [5.74, 6) is 0.117. The molecular formula is C22H26FN3O3. The molecule has 0 saturated carbocycles. The van der Waals surface area contributed by atoms with E-state index in [9.17, 15) is 14.0 Å². The highest BCUT2D eigenvalue weighted by atomic mass is 19.1. The van der Waals surface area contributed by atoms with Crippen LogP contribution in [0.25, 0.3) is 0 Å². The monoisotopic (exact) mass is 399 g/mol. The third kappa shape index (κ3) is 5.70. The Morgan fingerprint density at radius 1 is 1.10 bits per heavy atom. The number of anilines is 1. The highest BCUT2D eigenvalue weighted by molar-refractivity contribution is 5.96. The standard InChI is InChI=1S/C22H26FN3O3/c1-29-20-9-6-17(22(28)26-12-2-3-13-26)14-19(20)25-15-21(27)24-11-10-16-4-7-18(23)8-5-16/h4-9,14,25H,2-3,10-13,15H2,1H3,(H,24,27). The number of nitrogens with zero attached hydrogens (tertiary/aromatic N) is 1. The third-order valence-corrected chi connectivity index (χ3v) is 4.93. The number of rotatable bonds is 8. The van der Waals surface area contributed by atoms with Gasteiger partial charge in [-0.1, -0.05) is 12.1 Å². The number of carbonyl (C=O) groups is 2. The highest BCUT2D eigenvalue weighted by Gasteiger charge is 2.20. The van der Waals surface area contributed by atoms with Crippen LogP contribution in [0.1, 0.15) is 28.8 Å². The van der Waals surface area contributed by atoms with Crippen molar-refractivity contribution in [1.82, 2.24) is 10.2 Å². The van der Waals surface area contributed by atoms with Gasteiger partial charge in [-0.05, 0) is 55.2 Å². The Labute approximate surface area is 170 Å². The number of hydrogen-bond donors (Lipinski definition) is 2. The molecule has 1 aliphatic heterocycles. The second-order valence-corrected chi connectivity index (χ2v) is 6.99. The maximum Gasteiger partial charge on any atom is 0.253 e. The molecule has 6 nitrogen and oxygen atoms in total. The Balaban J connectivity index is 1.52. The van der Waals surface area contributed by atoms with E-state index in [1.807, 2.05) is 4.90 Å². The molecule has 0 aliphatic carbocycles. The molecule has 0 radical (unpaired) electrons. The average Bonchev–Trinajstić information content (AvgIpc) is 3.28. The van der Waals surface area contributed by atoms with Crippen LogP contribution in [0.5, 0.6) is 5.75 Å². The largest absolute Gasteiger partial charge is 0.495 e. The summed E-state index contributed by atoms with van der Waals surface area (Å²) in [5, 5.41) is 5.87. The molecule has 2 aromatic rings. The van der Waals surface area contributed by atoms with E-state index in [-0.39, 0.29) is 24.2 Å². The van der Waals surface area contributed by atoms with E-state index >= 15 is 0 Å². The smallest absolute Gasteiger partial charge is 0.253 e. The fraction of sp³-hybridized carbons (Fsp3) is 0.364. The van der Waals surface area contributed by atoms with Crippen molar-refractivity contribution in [2.24, 2.45) is 0 Å². The fourth-order valence-corrected chi connectivity index (χ4v) is 3.32. The molecule has 3 rings (SSSR count). The molecule has 1 fully saturated rings. The summed E-state index contributed by atoms with van der Waals surface area (Å²) in [7, 11) is 1.55. The zero-order chi connectivity index (χ0) is 20.6. The van der Waals surface area contributed by atoms with Crippen LogP contribution in [-0.4, -0.2) is 50.0 Å². The van der Waals surface area contributed by atoms with Gasteiger partial charge in [-0.15, -0.1) is 0 Å². The lowest BCUT2D eigenvalue weighted by atomic mass is 10.1. The van der Waals surface area contributed by atoms with Gasteiger partial charge in [0.2, 0.25) is 5.91 Å². The van der Waals surface area contributed by atoms with Crippen molar-refractivity contribution in [3.63, 3.8) is 0 Å². The number of ether oxygens (including phenoxy) is 1. The van der Waals surface area contributed by atoms with E-state index in [2.05, 4.69) is 10.6 Å². The first-order valence-corrected chi connectivity index (χ1v) is 9.79. The van der Waals surface area contributed by atoms with Crippen LogP contribution in [-0.2, 0) is 11.2 Å². The number of hydrogen-bond acceptors (Lipinski definition) is 4. The van der Waals surface area contributed by atoms with Gasteiger partial charge in [0, 0.05) is 25.2 Å². The van der Waals surface area contributed by atoms with Crippen molar-refractivity contribution >= 4 is 17.5 Å². The predicted molar refractivity (Wildman–Crippen MR) is 110 cm³/mol. The third-order valence-electron chi connectivity index (χ3n) is 4.93. The second kappa shape index (κ2) is 9.91. The van der Waals surface area contributed by atoms with E-state index in [1.165, 1.54) is 12.1 Å². The number of likely N-dealkylation sites (tertiary alicyclic amines) is 1. The molecule has 2 aromatic carbocycles. The van der Waals surface area contributed by atoms with Crippen molar-refractivity contribution in [1.29, 1.82) is 0 Å². The zero-order valence-corrected chi connectivity index (χ0v) is 16.5. The van der Waals surface area contributed by atoms with Gasteiger partial charge in [0.05, 0.1) is 19.3 Å². The minimum absolute atomic E-state index is 0.00282. The summed E-state index contributed by atoms with van der Waals surface area (Å²) < 4.78 is 18.3. The quantitative estimate of drug-likeness (QED) is 0.716. The number of methoxy groups -OCH3 is 1. The number of benzene rings is 2. The molecule has 1 aliphatic rings. The maximum atomic E-state index is 12.9. The molecule has 0 atom stereocenters. The normalized spacial score (nSPS) is 13.2. The Morgan fingerprint density at radius 3 is 2.52 bits per heavy atom. The topological polar surface area (TPSA) is 70.7 Å². The minimum Gasteiger partial charge on any atom is -0.495 e. The molecule has 0 unspecified atom stereocenters. The van der Waals surface area contributed by atoms with Crippen molar-refractivity contribution in [2.75, 3.05) is 38.6 Å². The minimum atomic E-state index is -0.277. The summed E-state index contributed by atoms with van der Waals surface area (Å²) in [4.78, 5) is 26.6. The molecule has 1 saturated heterocycles. The lowest BCUT2D eigenvalue weighted by molar-refractivity contribution is -0.119. The van der Waals surface area contributed by atoms with Gasteiger partial charge in [0.25, 0.3) is 5.91 Å². The molecule has 0 spiro atoms. The van der Waals surface area contributed by atoms with Gasteiger partial charge in [0.15, 0.2) is 0 Å². The van der Waals surface area contributed by atoms with Crippen LogP contribution in [0.4, 0.5) is 10.1 Å². The highest BCUT2D eigenvalue weighted by Crippen LogP contribution is 2.26. The van der Waals surface area contributed by atoms with Crippen molar-refractivity contribution in [3.8, 4) is 5.75 Å². The summed E-state index contributed by atoms with van der Waals surface area (Å²) in [6.07, 6.45) is 2.69. The van der Waals surface area contributed by atoms with Crippen LogP contribution in [0, 0.1) is 5.82 Å².